The molecule has 0 aliphatic rings. The van der Waals surface area contributed by atoms with Crippen molar-refractivity contribution in [3.8, 4) is 0 Å². The molecule has 2 heteroatoms. The minimum atomic E-state index is 0.716. The Bertz CT molecular complexity index is 64.3. The van der Waals surface area contributed by atoms with Crippen molar-refractivity contribution >= 4 is 0 Å². The lowest BCUT2D eigenvalue weighted by atomic mass is 9.98. The summed E-state index contributed by atoms with van der Waals surface area (Å²) in [5, 5.41) is 0. The summed E-state index contributed by atoms with van der Waals surface area (Å²) in [6, 6.07) is 0. The maximum atomic E-state index is 5.56. The molecule has 1 atom stereocenters. The molecule has 0 radical (unpaired) electrons. The van der Waals surface area contributed by atoms with Gasteiger partial charge < -0.3 is 11.5 Å². The topological polar surface area (TPSA) is 52.0 Å². The number of hydrogen-bond acceptors (Lipinski definition) is 2. The molecule has 0 fully saturated rings. The Labute approximate surface area is 64.0 Å². The smallest absolute Gasteiger partial charge is 0.00489 e. The van der Waals surface area contributed by atoms with Crippen molar-refractivity contribution in [3.05, 3.63) is 0 Å². The number of nitrogens with two attached hydrogens (primary N) is 2. The van der Waals surface area contributed by atoms with Crippen molar-refractivity contribution in [1.29, 1.82) is 0 Å². The second kappa shape index (κ2) is 7.03. The summed E-state index contributed by atoms with van der Waals surface area (Å²) in [6.07, 6.45) is 4.84. The monoisotopic (exact) mass is 144 g/mol. The minimum Gasteiger partial charge on any atom is -0.330 e. The van der Waals surface area contributed by atoms with Gasteiger partial charge in [0.15, 0.2) is 0 Å². The summed E-state index contributed by atoms with van der Waals surface area (Å²) < 4.78 is 0. The zero-order valence-electron chi connectivity index (χ0n) is 6.97. The van der Waals surface area contributed by atoms with Gasteiger partial charge in [0.25, 0.3) is 0 Å². The van der Waals surface area contributed by atoms with Gasteiger partial charge in [-0.3, -0.25) is 0 Å². The number of rotatable bonds is 6. The van der Waals surface area contributed by atoms with Gasteiger partial charge in [0.2, 0.25) is 0 Å². The van der Waals surface area contributed by atoms with Crippen LogP contribution in [0.1, 0.15) is 32.6 Å². The molecular formula is C8H20N2. The summed E-state index contributed by atoms with van der Waals surface area (Å²) in [5.74, 6) is 0.716. The van der Waals surface area contributed by atoms with Gasteiger partial charge in [0.1, 0.15) is 0 Å². The SMILES string of the molecule is CCC[C@@H](CN)CCCN. The zero-order valence-corrected chi connectivity index (χ0v) is 6.97. The average Bonchev–Trinajstić information content (AvgIpc) is 1.98. The molecule has 10 heavy (non-hydrogen) atoms. The van der Waals surface area contributed by atoms with E-state index in [-0.39, 0.29) is 0 Å². The highest BCUT2D eigenvalue weighted by molar-refractivity contribution is 4.59. The van der Waals surface area contributed by atoms with E-state index in [1.54, 1.807) is 0 Å². The second-order valence-corrected chi connectivity index (χ2v) is 2.82. The molecule has 0 rings (SSSR count). The van der Waals surface area contributed by atoms with Crippen molar-refractivity contribution in [2.45, 2.75) is 32.6 Å². The Morgan fingerprint density at radius 2 is 1.90 bits per heavy atom. The van der Waals surface area contributed by atoms with E-state index < -0.39 is 0 Å². The van der Waals surface area contributed by atoms with Crippen LogP contribution in [-0.4, -0.2) is 13.1 Å². The Morgan fingerprint density at radius 3 is 2.30 bits per heavy atom. The van der Waals surface area contributed by atoms with E-state index in [9.17, 15) is 0 Å². The lowest BCUT2D eigenvalue weighted by Crippen LogP contribution is -2.15. The molecule has 0 aliphatic carbocycles. The van der Waals surface area contributed by atoms with E-state index in [1.807, 2.05) is 0 Å². The highest BCUT2D eigenvalue weighted by atomic mass is 14.6. The first-order chi connectivity index (χ1) is 4.85. The fourth-order valence-electron chi connectivity index (χ4n) is 1.19. The molecule has 0 bridgehead atoms. The first-order valence-corrected chi connectivity index (χ1v) is 4.25. The standard InChI is InChI=1S/C8H20N2/c1-2-4-8(7-10)5-3-6-9/h8H,2-7,9-10H2,1H3/t8-/m1/s1. The van der Waals surface area contributed by atoms with Crippen LogP contribution in [0.4, 0.5) is 0 Å². The Balaban J connectivity index is 3.21. The quantitative estimate of drug-likeness (QED) is 0.586. The highest BCUT2D eigenvalue weighted by Gasteiger charge is 2.02. The predicted molar refractivity (Wildman–Crippen MR) is 45.7 cm³/mol. The molecule has 2 nitrogen and oxygen atoms in total. The van der Waals surface area contributed by atoms with Gasteiger partial charge in [-0.2, -0.15) is 0 Å². The molecule has 0 spiro atoms. The number of hydrogen-bond donors (Lipinski definition) is 2. The lowest BCUT2D eigenvalue weighted by Gasteiger charge is -2.11. The minimum absolute atomic E-state index is 0.716. The van der Waals surface area contributed by atoms with Gasteiger partial charge in [-0.15, -0.1) is 0 Å². The van der Waals surface area contributed by atoms with E-state index in [2.05, 4.69) is 6.92 Å². The fourth-order valence-corrected chi connectivity index (χ4v) is 1.19. The molecule has 0 heterocycles. The average molecular weight is 144 g/mol. The summed E-state index contributed by atoms with van der Waals surface area (Å²) in [7, 11) is 0. The van der Waals surface area contributed by atoms with Gasteiger partial charge >= 0.3 is 0 Å². The van der Waals surface area contributed by atoms with Crippen LogP contribution in [0.15, 0.2) is 0 Å². The van der Waals surface area contributed by atoms with Gasteiger partial charge in [-0.1, -0.05) is 13.3 Å². The zero-order chi connectivity index (χ0) is 7.82. The molecule has 0 aromatic carbocycles. The van der Waals surface area contributed by atoms with Crippen molar-refractivity contribution in [3.63, 3.8) is 0 Å². The molecule has 0 unspecified atom stereocenters. The van der Waals surface area contributed by atoms with Crippen LogP contribution < -0.4 is 11.5 Å². The van der Waals surface area contributed by atoms with E-state index in [0.29, 0.717) is 5.92 Å². The van der Waals surface area contributed by atoms with Crippen LogP contribution in [-0.2, 0) is 0 Å². The molecule has 0 aromatic heterocycles. The maximum Gasteiger partial charge on any atom is -0.00489 e. The third kappa shape index (κ3) is 4.77. The largest absolute Gasteiger partial charge is 0.330 e. The Kier molecular flexibility index (Phi) is 6.98. The lowest BCUT2D eigenvalue weighted by molar-refractivity contribution is 0.444. The van der Waals surface area contributed by atoms with Gasteiger partial charge in [-0.25, -0.2) is 0 Å². The van der Waals surface area contributed by atoms with Crippen LogP contribution in [0.3, 0.4) is 0 Å². The highest BCUT2D eigenvalue weighted by Crippen LogP contribution is 2.10. The van der Waals surface area contributed by atoms with Gasteiger partial charge in [-0.05, 0) is 38.3 Å². The van der Waals surface area contributed by atoms with Gasteiger partial charge in [0.05, 0.1) is 0 Å². The molecule has 4 N–H and O–H groups in total. The molecule has 0 aliphatic heterocycles. The van der Waals surface area contributed by atoms with E-state index in [0.717, 1.165) is 19.5 Å². The second-order valence-electron chi connectivity index (χ2n) is 2.82. The summed E-state index contributed by atoms with van der Waals surface area (Å²) in [5.41, 5.74) is 10.9. The fraction of sp³-hybridized carbons (Fsp3) is 1.00. The van der Waals surface area contributed by atoms with Crippen LogP contribution in [0, 0.1) is 5.92 Å². The van der Waals surface area contributed by atoms with E-state index in [1.165, 1.54) is 19.3 Å². The Hall–Kier alpha value is -0.0800. The van der Waals surface area contributed by atoms with E-state index >= 15 is 0 Å². The first-order valence-electron chi connectivity index (χ1n) is 4.25. The normalized spacial score (nSPS) is 13.5. The maximum absolute atomic E-state index is 5.56. The van der Waals surface area contributed by atoms with Gasteiger partial charge in [0, 0.05) is 0 Å². The molecule has 0 aromatic rings. The van der Waals surface area contributed by atoms with Crippen molar-refractivity contribution in [2.75, 3.05) is 13.1 Å². The molecule has 0 saturated heterocycles. The summed E-state index contributed by atoms with van der Waals surface area (Å²) >= 11 is 0. The predicted octanol–water partition coefficient (Wildman–Crippen LogP) is 1.10. The molecule has 0 amide bonds. The van der Waals surface area contributed by atoms with Crippen molar-refractivity contribution in [2.24, 2.45) is 17.4 Å². The third-order valence-corrected chi connectivity index (χ3v) is 1.85. The Morgan fingerprint density at radius 1 is 1.20 bits per heavy atom. The summed E-state index contributed by atoms with van der Waals surface area (Å²) in [6.45, 7) is 3.83. The third-order valence-electron chi connectivity index (χ3n) is 1.85. The van der Waals surface area contributed by atoms with Crippen molar-refractivity contribution < 1.29 is 0 Å². The summed E-state index contributed by atoms with van der Waals surface area (Å²) in [4.78, 5) is 0. The first kappa shape index (κ1) is 9.92. The molecule has 0 saturated carbocycles. The molecular weight excluding hydrogens is 124 g/mol. The van der Waals surface area contributed by atoms with Crippen LogP contribution in [0.2, 0.25) is 0 Å². The van der Waals surface area contributed by atoms with Crippen LogP contribution >= 0.6 is 0 Å². The van der Waals surface area contributed by atoms with Crippen LogP contribution in [0.25, 0.3) is 0 Å². The van der Waals surface area contributed by atoms with Crippen LogP contribution in [0.5, 0.6) is 0 Å². The van der Waals surface area contributed by atoms with Crippen molar-refractivity contribution in [1.82, 2.24) is 0 Å². The molecule has 62 valence electrons. The van der Waals surface area contributed by atoms with E-state index in [4.69, 9.17) is 11.5 Å².